The summed E-state index contributed by atoms with van der Waals surface area (Å²) in [5, 5.41) is 10.3. The Morgan fingerprint density at radius 1 is 1.35 bits per heavy atom. The quantitative estimate of drug-likeness (QED) is 0.917. The zero-order valence-electron chi connectivity index (χ0n) is 9.57. The fraction of sp³-hybridized carbons (Fsp3) is 0.583. The first-order valence-corrected chi connectivity index (χ1v) is 6.66. The second-order valence-corrected chi connectivity index (χ2v) is 5.16. The van der Waals surface area contributed by atoms with Gasteiger partial charge in [0.25, 0.3) is 0 Å². The Balaban J connectivity index is 2.24. The Hall–Kier alpha value is -0.510. The number of aliphatic hydroxyl groups excluding tert-OH is 1. The van der Waals surface area contributed by atoms with Gasteiger partial charge in [-0.1, -0.05) is 36.0 Å². The van der Waals surface area contributed by atoms with Crippen LogP contribution in [0.25, 0.3) is 0 Å². The first-order valence-electron chi connectivity index (χ1n) is 5.91. The molecule has 0 bridgehead atoms. The van der Waals surface area contributed by atoms with Crippen LogP contribution in [-0.4, -0.2) is 29.3 Å². The van der Waals surface area contributed by atoms with Gasteiger partial charge in [-0.3, -0.25) is 0 Å². The van der Waals surface area contributed by atoms with Gasteiger partial charge in [-0.25, -0.2) is 4.98 Å². The number of nitrogens with zero attached hydrogens (tertiary/aromatic N) is 2. The lowest BCUT2D eigenvalue weighted by atomic mass is 10.2. The third kappa shape index (κ3) is 3.03. The zero-order valence-corrected chi connectivity index (χ0v) is 11.1. The SMILES string of the molecule is OCCN(c1ncc(Cl)cc1Cl)C1CCCC1. The fourth-order valence-corrected chi connectivity index (χ4v) is 2.89. The molecule has 1 aliphatic rings. The summed E-state index contributed by atoms with van der Waals surface area (Å²) in [6, 6.07) is 2.14. The summed E-state index contributed by atoms with van der Waals surface area (Å²) in [7, 11) is 0. The Morgan fingerprint density at radius 3 is 2.65 bits per heavy atom. The van der Waals surface area contributed by atoms with E-state index in [1.165, 1.54) is 12.8 Å². The topological polar surface area (TPSA) is 36.4 Å². The van der Waals surface area contributed by atoms with Gasteiger partial charge in [0.2, 0.25) is 0 Å². The van der Waals surface area contributed by atoms with Crippen molar-refractivity contribution in [2.45, 2.75) is 31.7 Å². The zero-order chi connectivity index (χ0) is 12.3. The molecule has 1 heterocycles. The number of hydrogen-bond acceptors (Lipinski definition) is 3. The molecule has 1 saturated carbocycles. The summed E-state index contributed by atoms with van der Waals surface area (Å²) in [6.45, 7) is 0.677. The van der Waals surface area contributed by atoms with E-state index in [4.69, 9.17) is 28.3 Å². The van der Waals surface area contributed by atoms with Gasteiger partial charge in [0.1, 0.15) is 5.82 Å². The molecular weight excluding hydrogens is 259 g/mol. The minimum absolute atomic E-state index is 0.108. The molecule has 2 rings (SSSR count). The summed E-state index contributed by atoms with van der Waals surface area (Å²) in [6.07, 6.45) is 6.35. The van der Waals surface area contributed by atoms with E-state index in [-0.39, 0.29) is 6.61 Å². The third-order valence-corrected chi connectivity index (χ3v) is 3.65. The average Bonchev–Trinajstić information content (AvgIpc) is 2.80. The fourth-order valence-electron chi connectivity index (χ4n) is 2.40. The molecule has 0 spiro atoms. The van der Waals surface area contributed by atoms with Crippen LogP contribution in [-0.2, 0) is 0 Å². The van der Waals surface area contributed by atoms with Crippen molar-refractivity contribution in [1.29, 1.82) is 0 Å². The maximum Gasteiger partial charge on any atom is 0.147 e. The lowest BCUT2D eigenvalue weighted by molar-refractivity contribution is 0.297. The summed E-state index contributed by atoms with van der Waals surface area (Å²) in [5.41, 5.74) is 0. The van der Waals surface area contributed by atoms with Crippen LogP contribution in [0.1, 0.15) is 25.7 Å². The van der Waals surface area contributed by atoms with Crippen molar-refractivity contribution in [3.05, 3.63) is 22.3 Å². The van der Waals surface area contributed by atoms with Crippen molar-refractivity contribution in [3.8, 4) is 0 Å². The lowest BCUT2D eigenvalue weighted by Crippen LogP contribution is -2.36. The number of aromatic nitrogens is 1. The Kier molecular flexibility index (Phi) is 4.48. The van der Waals surface area contributed by atoms with Crippen LogP contribution in [0.15, 0.2) is 12.3 Å². The van der Waals surface area contributed by atoms with E-state index in [2.05, 4.69) is 9.88 Å². The van der Waals surface area contributed by atoms with Gasteiger partial charge in [0, 0.05) is 18.8 Å². The molecule has 0 amide bonds. The summed E-state index contributed by atoms with van der Waals surface area (Å²) < 4.78 is 0. The molecule has 94 valence electrons. The highest BCUT2D eigenvalue weighted by atomic mass is 35.5. The van der Waals surface area contributed by atoms with Crippen LogP contribution >= 0.6 is 23.2 Å². The van der Waals surface area contributed by atoms with Gasteiger partial charge in [0.05, 0.1) is 16.7 Å². The smallest absolute Gasteiger partial charge is 0.147 e. The summed E-state index contributed by atoms with van der Waals surface area (Å²) >= 11 is 12.0. The lowest BCUT2D eigenvalue weighted by Gasteiger charge is -2.30. The molecule has 17 heavy (non-hydrogen) atoms. The van der Waals surface area contributed by atoms with E-state index in [9.17, 15) is 0 Å². The van der Waals surface area contributed by atoms with Crippen LogP contribution in [0.3, 0.4) is 0 Å². The van der Waals surface area contributed by atoms with E-state index in [0.29, 0.717) is 22.6 Å². The van der Waals surface area contributed by atoms with E-state index in [1.807, 2.05) is 0 Å². The van der Waals surface area contributed by atoms with E-state index >= 15 is 0 Å². The van der Waals surface area contributed by atoms with Crippen LogP contribution < -0.4 is 4.90 Å². The predicted octanol–water partition coefficient (Wildman–Crippen LogP) is 3.13. The van der Waals surface area contributed by atoms with Crippen molar-refractivity contribution >= 4 is 29.0 Å². The van der Waals surface area contributed by atoms with Crippen LogP contribution in [0.5, 0.6) is 0 Å². The molecule has 1 aromatic heterocycles. The van der Waals surface area contributed by atoms with Crippen LogP contribution in [0.4, 0.5) is 5.82 Å². The second kappa shape index (κ2) is 5.89. The maximum atomic E-state index is 9.17. The third-order valence-electron chi connectivity index (χ3n) is 3.17. The molecule has 5 heteroatoms. The molecule has 0 radical (unpaired) electrons. The normalized spacial score (nSPS) is 16.4. The number of halogens is 2. The van der Waals surface area contributed by atoms with E-state index < -0.39 is 0 Å². The predicted molar refractivity (Wildman–Crippen MR) is 70.9 cm³/mol. The number of hydrogen-bond donors (Lipinski definition) is 1. The molecule has 1 fully saturated rings. The van der Waals surface area contributed by atoms with Crippen molar-refractivity contribution in [3.63, 3.8) is 0 Å². The number of aliphatic hydroxyl groups is 1. The van der Waals surface area contributed by atoms with Gasteiger partial charge in [-0.15, -0.1) is 0 Å². The van der Waals surface area contributed by atoms with Gasteiger partial charge in [-0.2, -0.15) is 0 Å². The highest BCUT2D eigenvalue weighted by Crippen LogP contribution is 2.32. The summed E-state index contributed by atoms with van der Waals surface area (Å²) in [5.74, 6) is 0.733. The van der Waals surface area contributed by atoms with E-state index in [0.717, 1.165) is 18.7 Å². The number of pyridine rings is 1. The first-order chi connectivity index (χ1) is 8.22. The molecule has 0 atom stereocenters. The number of anilines is 1. The molecule has 0 unspecified atom stereocenters. The molecule has 1 N–H and O–H groups in total. The molecular formula is C12H16Cl2N2O. The largest absolute Gasteiger partial charge is 0.395 e. The van der Waals surface area contributed by atoms with Gasteiger partial charge in [-0.05, 0) is 18.9 Å². The van der Waals surface area contributed by atoms with Gasteiger partial charge < -0.3 is 10.0 Å². The molecule has 0 aromatic carbocycles. The molecule has 3 nitrogen and oxygen atoms in total. The first kappa shape index (κ1) is 12.9. The van der Waals surface area contributed by atoms with Crippen molar-refractivity contribution < 1.29 is 5.11 Å². The molecule has 0 saturated heterocycles. The average molecular weight is 275 g/mol. The van der Waals surface area contributed by atoms with Crippen molar-refractivity contribution in [2.75, 3.05) is 18.1 Å². The summed E-state index contributed by atoms with van der Waals surface area (Å²) in [4.78, 5) is 6.40. The molecule has 1 aromatic rings. The Labute approximate surface area is 111 Å². The second-order valence-electron chi connectivity index (χ2n) is 4.31. The minimum Gasteiger partial charge on any atom is -0.395 e. The van der Waals surface area contributed by atoms with Gasteiger partial charge >= 0.3 is 0 Å². The number of rotatable bonds is 4. The molecule has 0 aliphatic heterocycles. The van der Waals surface area contributed by atoms with Crippen LogP contribution in [0.2, 0.25) is 10.0 Å². The highest BCUT2D eigenvalue weighted by Gasteiger charge is 2.24. The van der Waals surface area contributed by atoms with E-state index in [1.54, 1.807) is 12.3 Å². The van der Waals surface area contributed by atoms with Crippen molar-refractivity contribution in [1.82, 2.24) is 4.98 Å². The Bertz CT molecular complexity index is 381. The standard InChI is InChI=1S/C12H16Cl2N2O/c13-9-7-11(14)12(15-8-9)16(5-6-17)10-3-1-2-4-10/h7-8,10,17H,1-6H2. The van der Waals surface area contributed by atoms with Crippen molar-refractivity contribution in [2.24, 2.45) is 0 Å². The maximum absolute atomic E-state index is 9.17. The highest BCUT2D eigenvalue weighted by molar-refractivity contribution is 6.36. The minimum atomic E-state index is 0.108. The monoisotopic (exact) mass is 274 g/mol. The van der Waals surface area contributed by atoms with Gasteiger partial charge in [0.15, 0.2) is 0 Å². The molecule has 1 aliphatic carbocycles. The van der Waals surface area contributed by atoms with Crippen LogP contribution in [0, 0.1) is 0 Å². The Morgan fingerprint density at radius 2 is 2.06 bits per heavy atom.